The third kappa shape index (κ3) is 7.28. The van der Waals surface area contributed by atoms with Gasteiger partial charge in [0.1, 0.15) is 5.82 Å². The molecular weight excluding hydrogens is 421 g/mol. The number of oxime groups is 2. The van der Waals surface area contributed by atoms with Crippen LogP contribution in [0.2, 0.25) is 0 Å². The van der Waals surface area contributed by atoms with Crippen LogP contribution >= 0.6 is 0 Å². The van der Waals surface area contributed by atoms with Crippen LogP contribution in [0.25, 0.3) is 0 Å². The monoisotopic (exact) mass is 447 g/mol. The Balaban J connectivity index is 1.66. The first-order valence-corrected chi connectivity index (χ1v) is 10.6. The zero-order valence-corrected chi connectivity index (χ0v) is 18.1. The van der Waals surface area contributed by atoms with E-state index in [0.29, 0.717) is 24.4 Å². The van der Waals surface area contributed by atoms with Gasteiger partial charge < -0.3 is 15.3 Å². The fourth-order valence-corrected chi connectivity index (χ4v) is 3.45. The van der Waals surface area contributed by atoms with Gasteiger partial charge in [0.05, 0.1) is 11.4 Å². The highest BCUT2D eigenvalue weighted by molar-refractivity contribution is 6.12. The maximum atomic E-state index is 13.2. The molecule has 2 N–H and O–H groups in total. The van der Waals surface area contributed by atoms with Gasteiger partial charge in [0, 0.05) is 25.9 Å². The summed E-state index contributed by atoms with van der Waals surface area (Å²) in [6.45, 7) is 0.915. The Morgan fingerprint density at radius 1 is 0.758 bits per heavy atom. The first-order chi connectivity index (χ1) is 16.1. The van der Waals surface area contributed by atoms with Crippen molar-refractivity contribution in [2.45, 2.75) is 32.4 Å². The third-order valence-electron chi connectivity index (χ3n) is 5.22. The molecule has 3 rings (SSSR count). The van der Waals surface area contributed by atoms with E-state index < -0.39 is 5.82 Å². The lowest BCUT2D eigenvalue weighted by Gasteiger charge is -2.23. The van der Waals surface area contributed by atoms with Crippen molar-refractivity contribution in [1.82, 2.24) is 4.90 Å². The van der Waals surface area contributed by atoms with Crippen LogP contribution in [0.5, 0.6) is 0 Å². The summed E-state index contributed by atoms with van der Waals surface area (Å²) in [5.41, 5.74) is 3.05. The summed E-state index contributed by atoms with van der Waals surface area (Å²) in [6, 6.07) is 24.9. The molecule has 0 heterocycles. The molecule has 0 atom stereocenters. The van der Waals surface area contributed by atoms with Crippen LogP contribution in [0.15, 0.2) is 95.2 Å². The van der Waals surface area contributed by atoms with E-state index in [1.807, 2.05) is 60.7 Å². The molecule has 0 aliphatic heterocycles. The van der Waals surface area contributed by atoms with Crippen molar-refractivity contribution < 1.29 is 19.6 Å². The lowest BCUT2D eigenvalue weighted by Crippen LogP contribution is -2.30. The fraction of sp³-hybridized carbons (Fsp3) is 0.192. The molecule has 6 nitrogen and oxygen atoms in total. The summed E-state index contributed by atoms with van der Waals surface area (Å²) < 4.78 is 13.2. The highest BCUT2D eigenvalue weighted by Crippen LogP contribution is 2.14. The lowest BCUT2D eigenvalue weighted by atomic mass is 10.0. The molecule has 0 radical (unpaired) electrons. The molecule has 0 spiro atoms. The van der Waals surface area contributed by atoms with Crippen molar-refractivity contribution in [1.29, 1.82) is 0 Å². The molecule has 0 saturated heterocycles. The number of amides is 1. The quantitative estimate of drug-likeness (QED) is 0.253. The van der Waals surface area contributed by atoms with Gasteiger partial charge in [0.15, 0.2) is 0 Å². The van der Waals surface area contributed by atoms with Gasteiger partial charge in [0.2, 0.25) is 5.91 Å². The summed E-state index contributed by atoms with van der Waals surface area (Å²) in [5, 5.41) is 25.4. The summed E-state index contributed by atoms with van der Waals surface area (Å²) in [5.74, 6) is -0.497. The van der Waals surface area contributed by atoms with Crippen LogP contribution in [0.3, 0.4) is 0 Å². The lowest BCUT2D eigenvalue weighted by molar-refractivity contribution is -0.132. The Morgan fingerprint density at radius 3 is 1.79 bits per heavy atom. The molecule has 0 saturated carbocycles. The Labute approximate surface area is 192 Å². The van der Waals surface area contributed by atoms with Crippen molar-refractivity contribution >= 4 is 17.3 Å². The fourth-order valence-electron chi connectivity index (χ4n) is 3.45. The Bertz CT molecular complexity index is 1040. The number of carbonyl (C=O) groups excluding carboxylic acids is 1. The van der Waals surface area contributed by atoms with E-state index in [2.05, 4.69) is 10.3 Å². The summed E-state index contributed by atoms with van der Waals surface area (Å²) in [6.07, 6.45) is 0.347. The molecule has 0 aliphatic rings. The standard InChI is InChI=1S/C26H26FN3O3/c27-23-13-11-22(12-14-23)25(29-33)17-24(28-32)15-16-26(31)30(18-20-7-3-1-4-8-20)19-21-9-5-2-6-10-21/h1-14,32-33H,15-19H2/b28-24+,29-25-. The Morgan fingerprint density at radius 2 is 1.30 bits per heavy atom. The average Bonchev–Trinajstić information content (AvgIpc) is 2.85. The number of benzene rings is 3. The molecule has 0 bridgehead atoms. The minimum Gasteiger partial charge on any atom is -0.411 e. The highest BCUT2D eigenvalue weighted by atomic mass is 19.1. The predicted molar refractivity (Wildman–Crippen MR) is 125 cm³/mol. The van der Waals surface area contributed by atoms with Crippen molar-refractivity contribution in [3.8, 4) is 0 Å². The minimum absolute atomic E-state index is 0.0310. The van der Waals surface area contributed by atoms with Crippen LogP contribution in [0.1, 0.15) is 36.0 Å². The molecule has 7 heteroatoms. The smallest absolute Gasteiger partial charge is 0.223 e. The van der Waals surface area contributed by atoms with Crippen LogP contribution in [-0.4, -0.2) is 32.6 Å². The molecule has 3 aromatic carbocycles. The van der Waals surface area contributed by atoms with Crippen LogP contribution in [-0.2, 0) is 17.9 Å². The molecule has 0 unspecified atom stereocenters. The minimum atomic E-state index is -0.408. The summed E-state index contributed by atoms with van der Waals surface area (Å²) in [7, 11) is 0. The van der Waals surface area contributed by atoms with Crippen molar-refractivity contribution in [3.05, 3.63) is 107 Å². The van der Waals surface area contributed by atoms with Crippen molar-refractivity contribution in [2.24, 2.45) is 10.3 Å². The van der Waals surface area contributed by atoms with Gasteiger partial charge in [0.25, 0.3) is 0 Å². The number of hydrogen-bond donors (Lipinski definition) is 2. The molecule has 0 aliphatic carbocycles. The van der Waals surface area contributed by atoms with E-state index in [4.69, 9.17) is 0 Å². The second kappa shape index (κ2) is 12.1. The number of hydrogen-bond acceptors (Lipinski definition) is 5. The maximum absolute atomic E-state index is 13.2. The largest absolute Gasteiger partial charge is 0.411 e. The van der Waals surface area contributed by atoms with E-state index in [1.54, 1.807) is 4.90 Å². The van der Waals surface area contributed by atoms with Crippen LogP contribution in [0.4, 0.5) is 4.39 Å². The van der Waals surface area contributed by atoms with Gasteiger partial charge in [-0.25, -0.2) is 4.39 Å². The second-order valence-corrected chi connectivity index (χ2v) is 7.62. The SMILES string of the molecule is O=C(CC/C(C/C(=N/O)c1ccc(F)cc1)=N\O)N(Cc1ccccc1)Cc1ccccc1. The van der Waals surface area contributed by atoms with Crippen molar-refractivity contribution in [3.63, 3.8) is 0 Å². The highest BCUT2D eigenvalue weighted by Gasteiger charge is 2.17. The average molecular weight is 448 g/mol. The number of carbonyl (C=O) groups is 1. The zero-order chi connectivity index (χ0) is 23.5. The first-order valence-electron chi connectivity index (χ1n) is 10.6. The Hall–Kier alpha value is -4.00. The normalized spacial score (nSPS) is 11.9. The number of halogens is 1. The molecular formula is C26H26FN3O3. The van der Waals surface area contributed by atoms with E-state index in [1.165, 1.54) is 24.3 Å². The number of rotatable bonds is 10. The molecule has 0 aromatic heterocycles. The van der Waals surface area contributed by atoms with E-state index in [9.17, 15) is 19.6 Å². The van der Waals surface area contributed by atoms with Gasteiger partial charge in [-0.2, -0.15) is 0 Å². The molecule has 33 heavy (non-hydrogen) atoms. The third-order valence-corrected chi connectivity index (χ3v) is 5.22. The van der Waals surface area contributed by atoms with Gasteiger partial charge in [-0.15, -0.1) is 0 Å². The van der Waals surface area contributed by atoms with E-state index >= 15 is 0 Å². The van der Waals surface area contributed by atoms with Crippen LogP contribution in [0, 0.1) is 5.82 Å². The molecule has 3 aromatic rings. The molecule has 1 amide bonds. The molecule has 170 valence electrons. The topological polar surface area (TPSA) is 85.5 Å². The first kappa shape index (κ1) is 23.7. The van der Waals surface area contributed by atoms with E-state index in [0.717, 1.165) is 11.1 Å². The van der Waals surface area contributed by atoms with Gasteiger partial charge in [-0.3, -0.25) is 4.79 Å². The van der Waals surface area contributed by atoms with Gasteiger partial charge in [-0.05, 0) is 35.2 Å². The zero-order valence-electron chi connectivity index (χ0n) is 18.1. The maximum Gasteiger partial charge on any atom is 0.223 e. The van der Waals surface area contributed by atoms with Crippen molar-refractivity contribution in [2.75, 3.05) is 0 Å². The van der Waals surface area contributed by atoms with Gasteiger partial charge in [-0.1, -0.05) is 83.1 Å². The predicted octanol–water partition coefficient (Wildman–Crippen LogP) is 5.23. The van der Waals surface area contributed by atoms with E-state index in [-0.39, 0.29) is 30.9 Å². The summed E-state index contributed by atoms with van der Waals surface area (Å²) in [4.78, 5) is 14.9. The second-order valence-electron chi connectivity index (χ2n) is 7.62. The van der Waals surface area contributed by atoms with Crippen LogP contribution < -0.4 is 0 Å². The molecule has 0 fully saturated rings. The summed E-state index contributed by atoms with van der Waals surface area (Å²) >= 11 is 0. The Kier molecular flexibility index (Phi) is 8.71. The van der Waals surface area contributed by atoms with Gasteiger partial charge >= 0.3 is 0 Å². The number of nitrogens with zero attached hydrogens (tertiary/aromatic N) is 3.